The maximum atomic E-state index is 12.7. The summed E-state index contributed by atoms with van der Waals surface area (Å²) in [6.45, 7) is 3.98. The number of ketones is 1. The van der Waals surface area contributed by atoms with Crippen molar-refractivity contribution in [2.75, 3.05) is 5.73 Å². The van der Waals surface area contributed by atoms with E-state index in [0.717, 1.165) is 28.3 Å². The second kappa shape index (κ2) is 4.58. The third-order valence-electron chi connectivity index (χ3n) is 6.20. The van der Waals surface area contributed by atoms with Gasteiger partial charge in [0.15, 0.2) is 5.78 Å². The van der Waals surface area contributed by atoms with Gasteiger partial charge in [0.05, 0.1) is 10.6 Å². The van der Waals surface area contributed by atoms with E-state index >= 15 is 0 Å². The van der Waals surface area contributed by atoms with E-state index in [-0.39, 0.29) is 17.1 Å². The zero-order chi connectivity index (χ0) is 14.8. The van der Waals surface area contributed by atoms with Crippen molar-refractivity contribution in [2.45, 2.75) is 57.8 Å². The Kier molecular flexibility index (Phi) is 3.01. The van der Waals surface area contributed by atoms with Crippen LogP contribution in [0, 0.1) is 23.7 Å². The summed E-state index contributed by atoms with van der Waals surface area (Å²) in [6, 6.07) is 0. The summed E-state index contributed by atoms with van der Waals surface area (Å²) in [6.07, 6.45) is 8.21. The van der Waals surface area contributed by atoms with Gasteiger partial charge in [-0.2, -0.15) is 0 Å². The summed E-state index contributed by atoms with van der Waals surface area (Å²) in [4.78, 5) is 12.7. The lowest BCUT2D eigenvalue weighted by molar-refractivity contribution is -0.00533. The van der Waals surface area contributed by atoms with Crippen LogP contribution in [-0.4, -0.2) is 5.78 Å². The largest absolute Gasteiger partial charge is 0.390 e. The maximum Gasteiger partial charge on any atom is 0.168 e. The van der Waals surface area contributed by atoms with Crippen LogP contribution in [0.1, 0.15) is 68.3 Å². The minimum absolute atomic E-state index is 0.0366. The number of carbonyl (C=O) groups excluding carboxylic acids is 1. The molecule has 0 unspecified atom stereocenters. The molecule has 0 aliphatic heterocycles. The van der Waals surface area contributed by atoms with Crippen LogP contribution in [0.25, 0.3) is 0 Å². The molecule has 0 amide bonds. The van der Waals surface area contributed by atoms with Crippen LogP contribution in [0.4, 0.5) is 5.00 Å². The highest BCUT2D eigenvalue weighted by molar-refractivity contribution is 7.14. The average Bonchev–Trinajstić information content (AvgIpc) is 2.78. The standard InChI is InChI=1S/C18H25NOS/c1-10(2)16(20)15-14(9-21-17(15)19)18-6-11-3-12(7-18)5-13(4-11)8-18/h9-13H,3-8,19H2,1-2H3. The molecule has 4 aliphatic carbocycles. The summed E-state index contributed by atoms with van der Waals surface area (Å²) in [7, 11) is 0. The van der Waals surface area contributed by atoms with Gasteiger partial charge in [-0.1, -0.05) is 13.8 Å². The van der Waals surface area contributed by atoms with Crippen LogP contribution in [0.15, 0.2) is 5.38 Å². The number of Topliss-reactive ketones (excluding diaryl/α,β-unsaturated/α-hetero) is 1. The summed E-state index contributed by atoms with van der Waals surface area (Å²) < 4.78 is 0. The van der Waals surface area contributed by atoms with E-state index in [1.165, 1.54) is 44.1 Å². The predicted molar refractivity (Wildman–Crippen MR) is 87.7 cm³/mol. The van der Waals surface area contributed by atoms with Crippen molar-refractivity contribution in [3.8, 4) is 0 Å². The van der Waals surface area contributed by atoms with Crippen molar-refractivity contribution >= 4 is 22.1 Å². The van der Waals surface area contributed by atoms with Crippen LogP contribution in [-0.2, 0) is 5.41 Å². The summed E-state index contributed by atoms with van der Waals surface area (Å²) in [5, 5.41) is 2.97. The Bertz CT molecular complexity index is 551. The van der Waals surface area contributed by atoms with Crippen molar-refractivity contribution < 1.29 is 4.79 Å². The Hall–Kier alpha value is -0.830. The molecule has 2 nitrogen and oxygen atoms in total. The van der Waals surface area contributed by atoms with Crippen LogP contribution < -0.4 is 5.73 Å². The predicted octanol–water partition coefficient (Wildman–Crippen LogP) is 4.64. The average molecular weight is 303 g/mol. The van der Waals surface area contributed by atoms with Crippen LogP contribution in [0.3, 0.4) is 0 Å². The molecule has 0 saturated heterocycles. The third kappa shape index (κ3) is 2.00. The number of nitrogens with two attached hydrogens (primary N) is 1. The number of rotatable bonds is 3. The Morgan fingerprint density at radius 2 is 1.71 bits per heavy atom. The second-order valence-electron chi connectivity index (χ2n) is 8.11. The first-order valence-corrected chi connectivity index (χ1v) is 9.28. The smallest absolute Gasteiger partial charge is 0.168 e. The van der Waals surface area contributed by atoms with Gasteiger partial charge < -0.3 is 5.73 Å². The van der Waals surface area contributed by atoms with E-state index in [2.05, 4.69) is 5.38 Å². The van der Waals surface area contributed by atoms with E-state index in [0.29, 0.717) is 0 Å². The zero-order valence-corrected chi connectivity index (χ0v) is 13.8. The molecule has 3 heteroatoms. The molecular formula is C18H25NOS. The first kappa shape index (κ1) is 13.8. The van der Waals surface area contributed by atoms with E-state index in [9.17, 15) is 4.79 Å². The monoisotopic (exact) mass is 303 g/mol. The number of anilines is 1. The molecule has 1 aromatic heterocycles. The van der Waals surface area contributed by atoms with Gasteiger partial charge in [0.1, 0.15) is 0 Å². The molecule has 21 heavy (non-hydrogen) atoms. The van der Waals surface area contributed by atoms with Gasteiger partial charge in [0, 0.05) is 5.92 Å². The minimum atomic E-state index is 0.0366. The molecule has 4 aliphatic rings. The summed E-state index contributed by atoms with van der Waals surface area (Å²) in [5.74, 6) is 2.99. The second-order valence-corrected chi connectivity index (χ2v) is 9.02. The third-order valence-corrected chi connectivity index (χ3v) is 7.01. The Morgan fingerprint density at radius 3 is 2.19 bits per heavy atom. The van der Waals surface area contributed by atoms with Gasteiger partial charge in [0.25, 0.3) is 0 Å². The van der Waals surface area contributed by atoms with Crippen molar-refractivity contribution in [3.05, 3.63) is 16.5 Å². The molecule has 2 N–H and O–H groups in total. The van der Waals surface area contributed by atoms with Gasteiger partial charge in [-0.3, -0.25) is 4.79 Å². The maximum absolute atomic E-state index is 12.7. The summed E-state index contributed by atoms with van der Waals surface area (Å²) in [5.41, 5.74) is 8.69. The number of carbonyl (C=O) groups is 1. The highest BCUT2D eigenvalue weighted by Gasteiger charge is 2.53. The molecule has 0 aromatic carbocycles. The fourth-order valence-electron chi connectivity index (χ4n) is 5.75. The molecule has 4 fully saturated rings. The van der Waals surface area contributed by atoms with Crippen LogP contribution >= 0.6 is 11.3 Å². The zero-order valence-electron chi connectivity index (χ0n) is 13.0. The molecule has 0 spiro atoms. The molecule has 4 bridgehead atoms. The molecule has 4 saturated carbocycles. The fraction of sp³-hybridized carbons (Fsp3) is 0.722. The molecule has 114 valence electrons. The molecule has 1 heterocycles. The molecule has 1 aromatic rings. The van der Waals surface area contributed by atoms with E-state index in [4.69, 9.17) is 5.73 Å². The summed E-state index contributed by atoms with van der Waals surface area (Å²) >= 11 is 1.58. The SMILES string of the molecule is CC(C)C(=O)c1c(C23CC4CC(CC(C4)C2)C3)csc1N. The number of nitrogen functional groups attached to an aromatic ring is 1. The van der Waals surface area contributed by atoms with Crippen molar-refractivity contribution in [2.24, 2.45) is 23.7 Å². The highest BCUT2D eigenvalue weighted by Crippen LogP contribution is 2.62. The first-order valence-electron chi connectivity index (χ1n) is 8.40. The van der Waals surface area contributed by atoms with Gasteiger partial charge in [-0.25, -0.2) is 0 Å². The fourth-order valence-corrected chi connectivity index (χ4v) is 6.69. The highest BCUT2D eigenvalue weighted by atomic mass is 32.1. The number of hydrogen-bond acceptors (Lipinski definition) is 3. The van der Waals surface area contributed by atoms with E-state index in [1.807, 2.05) is 13.8 Å². The van der Waals surface area contributed by atoms with Crippen molar-refractivity contribution in [1.82, 2.24) is 0 Å². The van der Waals surface area contributed by atoms with Crippen LogP contribution in [0.5, 0.6) is 0 Å². The molecule has 0 radical (unpaired) electrons. The molecule has 5 rings (SSSR count). The quantitative estimate of drug-likeness (QED) is 0.827. The van der Waals surface area contributed by atoms with Gasteiger partial charge in [-0.05, 0) is 72.6 Å². The Labute approximate surface area is 131 Å². The number of thiophene rings is 1. The van der Waals surface area contributed by atoms with Gasteiger partial charge in [-0.15, -0.1) is 11.3 Å². The number of hydrogen-bond donors (Lipinski definition) is 1. The van der Waals surface area contributed by atoms with Gasteiger partial charge >= 0.3 is 0 Å². The van der Waals surface area contributed by atoms with Gasteiger partial charge in [0.2, 0.25) is 0 Å². The first-order chi connectivity index (χ1) is 9.98. The molecule has 0 atom stereocenters. The normalized spacial score (nSPS) is 37.4. The topological polar surface area (TPSA) is 43.1 Å². The lowest BCUT2D eigenvalue weighted by Crippen LogP contribution is -2.49. The minimum Gasteiger partial charge on any atom is -0.390 e. The lowest BCUT2D eigenvalue weighted by Gasteiger charge is -2.57. The van der Waals surface area contributed by atoms with Crippen LogP contribution in [0.2, 0.25) is 0 Å². The van der Waals surface area contributed by atoms with E-state index in [1.54, 1.807) is 11.3 Å². The van der Waals surface area contributed by atoms with Crippen molar-refractivity contribution in [3.63, 3.8) is 0 Å². The van der Waals surface area contributed by atoms with Crippen molar-refractivity contribution in [1.29, 1.82) is 0 Å². The van der Waals surface area contributed by atoms with E-state index < -0.39 is 0 Å². The Balaban J connectivity index is 1.79. The molecular weight excluding hydrogens is 278 g/mol. The Morgan fingerprint density at radius 1 is 1.19 bits per heavy atom. The lowest BCUT2D eigenvalue weighted by atomic mass is 9.48.